The van der Waals surface area contributed by atoms with E-state index in [0.29, 0.717) is 50.7 Å². The third kappa shape index (κ3) is 4.75. The van der Waals surface area contributed by atoms with Crippen molar-refractivity contribution in [2.75, 3.05) is 0 Å². The molecule has 1 heterocycles. The number of nitrogens with one attached hydrogen (secondary N) is 1. The number of carbonyl (C=O) groups excluding carboxylic acids is 1. The molecule has 1 aliphatic carbocycles. The van der Waals surface area contributed by atoms with Crippen molar-refractivity contribution in [2.45, 2.75) is 44.8 Å². The van der Waals surface area contributed by atoms with Gasteiger partial charge in [-0.15, -0.1) is 0 Å². The second-order valence-electron chi connectivity index (χ2n) is 7.78. The molecule has 31 heavy (non-hydrogen) atoms. The van der Waals surface area contributed by atoms with Gasteiger partial charge >= 0.3 is 0 Å². The number of imidazole rings is 1. The molecule has 1 aliphatic rings. The van der Waals surface area contributed by atoms with Crippen LogP contribution < -0.4 is 5.32 Å². The standard InChI is InChI=1S/C23H22Cl3N3O2/c1-13-21(23(31)27-16-5-9-18(30)10-6-16)28-22(19-11-4-15(25)12-20(19)26)29(13)17-7-2-14(24)3-8-17/h2-4,7-8,11-12,16,18,30H,5-6,9-10H2,1H3,(H,27,31)/t16-,18-. The van der Waals surface area contributed by atoms with Crippen LogP contribution in [0.15, 0.2) is 42.5 Å². The highest BCUT2D eigenvalue weighted by molar-refractivity contribution is 6.36. The fourth-order valence-corrected chi connectivity index (χ4v) is 4.57. The van der Waals surface area contributed by atoms with Gasteiger partial charge < -0.3 is 10.4 Å². The molecule has 0 spiro atoms. The lowest BCUT2D eigenvalue weighted by Crippen LogP contribution is -2.39. The van der Waals surface area contributed by atoms with Gasteiger partial charge in [-0.1, -0.05) is 34.8 Å². The predicted octanol–water partition coefficient (Wildman–Crippen LogP) is 5.84. The van der Waals surface area contributed by atoms with E-state index in [0.717, 1.165) is 18.5 Å². The summed E-state index contributed by atoms with van der Waals surface area (Å²) in [6, 6.07) is 12.5. The zero-order valence-electron chi connectivity index (χ0n) is 16.9. The van der Waals surface area contributed by atoms with Crippen molar-refractivity contribution in [3.05, 3.63) is 68.9 Å². The maximum Gasteiger partial charge on any atom is 0.272 e. The number of hydrogen-bond donors (Lipinski definition) is 2. The van der Waals surface area contributed by atoms with Crippen LogP contribution >= 0.6 is 34.8 Å². The molecule has 3 aromatic rings. The average molecular weight is 479 g/mol. The lowest BCUT2D eigenvalue weighted by Gasteiger charge is -2.25. The maximum atomic E-state index is 13.1. The van der Waals surface area contributed by atoms with Gasteiger partial charge in [0.05, 0.1) is 16.8 Å². The molecule has 2 aromatic carbocycles. The Labute approximate surface area is 196 Å². The van der Waals surface area contributed by atoms with Crippen molar-refractivity contribution in [2.24, 2.45) is 0 Å². The quantitative estimate of drug-likeness (QED) is 0.495. The second kappa shape index (κ2) is 9.21. The van der Waals surface area contributed by atoms with Crippen molar-refractivity contribution in [3.63, 3.8) is 0 Å². The number of amides is 1. The molecule has 162 valence electrons. The van der Waals surface area contributed by atoms with Crippen molar-refractivity contribution in [1.82, 2.24) is 14.9 Å². The first-order valence-corrected chi connectivity index (χ1v) is 11.3. The highest BCUT2D eigenvalue weighted by Crippen LogP contribution is 2.33. The summed E-state index contributed by atoms with van der Waals surface area (Å²) in [5.41, 5.74) is 2.51. The number of rotatable bonds is 4. The van der Waals surface area contributed by atoms with Crippen LogP contribution in [0.25, 0.3) is 17.1 Å². The van der Waals surface area contributed by atoms with E-state index in [4.69, 9.17) is 39.8 Å². The smallest absolute Gasteiger partial charge is 0.272 e. The number of benzene rings is 2. The number of aliphatic hydroxyl groups excluding tert-OH is 1. The summed E-state index contributed by atoms with van der Waals surface area (Å²) in [7, 11) is 0. The van der Waals surface area contributed by atoms with Crippen molar-refractivity contribution in [1.29, 1.82) is 0 Å². The lowest BCUT2D eigenvalue weighted by molar-refractivity contribution is 0.0863. The summed E-state index contributed by atoms with van der Waals surface area (Å²) >= 11 is 18.6. The third-order valence-electron chi connectivity index (χ3n) is 5.61. The summed E-state index contributed by atoms with van der Waals surface area (Å²) in [5.74, 6) is 0.309. The van der Waals surface area contributed by atoms with Crippen LogP contribution in [0.4, 0.5) is 0 Å². The molecule has 2 N–H and O–H groups in total. The Balaban J connectivity index is 1.76. The van der Waals surface area contributed by atoms with Crippen molar-refractivity contribution >= 4 is 40.7 Å². The third-order valence-corrected chi connectivity index (χ3v) is 6.41. The molecule has 1 saturated carbocycles. The normalized spacial score (nSPS) is 18.7. The Bertz CT molecular complexity index is 1100. The summed E-state index contributed by atoms with van der Waals surface area (Å²) in [5, 5.41) is 14.4. The van der Waals surface area contributed by atoms with Crippen LogP contribution in [-0.2, 0) is 0 Å². The molecule has 1 fully saturated rings. The maximum absolute atomic E-state index is 13.1. The van der Waals surface area contributed by atoms with Gasteiger partial charge in [-0.2, -0.15) is 0 Å². The van der Waals surface area contributed by atoms with E-state index in [2.05, 4.69) is 5.32 Å². The Morgan fingerprint density at radius 3 is 2.32 bits per heavy atom. The Hall–Kier alpha value is -2.05. The van der Waals surface area contributed by atoms with E-state index in [1.807, 2.05) is 23.6 Å². The minimum Gasteiger partial charge on any atom is -0.393 e. The fourth-order valence-electron chi connectivity index (χ4n) is 3.95. The van der Waals surface area contributed by atoms with Crippen LogP contribution in [0.2, 0.25) is 15.1 Å². The van der Waals surface area contributed by atoms with Crippen molar-refractivity contribution in [3.8, 4) is 17.1 Å². The second-order valence-corrected chi connectivity index (χ2v) is 9.06. The molecule has 0 bridgehead atoms. The van der Waals surface area contributed by atoms with Crippen LogP contribution in [0.3, 0.4) is 0 Å². The van der Waals surface area contributed by atoms with E-state index >= 15 is 0 Å². The van der Waals surface area contributed by atoms with Crippen LogP contribution in [0.5, 0.6) is 0 Å². The molecule has 5 nitrogen and oxygen atoms in total. The average Bonchev–Trinajstić information content (AvgIpc) is 3.07. The van der Waals surface area contributed by atoms with Gasteiger partial charge in [0, 0.05) is 27.3 Å². The summed E-state index contributed by atoms with van der Waals surface area (Å²) in [4.78, 5) is 17.8. The predicted molar refractivity (Wildman–Crippen MR) is 124 cm³/mol. The largest absolute Gasteiger partial charge is 0.393 e. The fraction of sp³-hybridized carbons (Fsp3) is 0.304. The van der Waals surface area contributed by atoms with Crippen LogP contribution in [0.1, 0.15) is 41.9 Å². The van der Waals surface area contributed by atoms with Gasteiger partial charge in [0.2, 0.25) is 0 Å². The highest BCUT2D eigenvalue weighted by atomic mass is 35.5. The number of aromatic nitrogens is 2. The van der Waals surface area contributed by atoms with E-state index < -0.39 is 0 Å². The first-order valence-electron chi connectivity index (χ1n) is 10.1. The van der Waals surface area contributed by atoms with Gasteiger partial charge in [-0.05, 0) is 75.1 Å². The summed E-state index contributed by atoms with van der Waals surface area (Å²) < 4.78 is 1.89. The van der Waals surface area contributed by atoms with Gasteiger partial charge in [-0.25, -0.2) is 4.98 Å². The van der Waals surface area contributed by atoms with Gasteiger partial charge in [0.1, 0.15) is 11.5 Å². The highest BCUT2D eigenvalue weighted by Gasteiger charge is 2.26. The minimum atomic E-state index is -0.280. The molecule has 4 rings (SSSR count). The van der Waals surface area contributed by atoms with Crippen molar-refractivity contribution < 1.29 is 9.90 Å². The van der Waals surface area contributed by atoms with E-state index in [1.54, 1.807) is 30.3 Å². The van der Waals surface area contributed by atoms with E-state index in [-0.39, 0.29) is 18.1 Å². The zero-order chi connectivity index (χ0) is 22.1. The molecule has 0 radical (unpaired) electrons. The number of aliphatic hydroxyl groups is 1. The van der Waals surface area contributed by atoms with Gasteiger partial charge in [0.25, 0.3) is 5.91 Å². The Kier molecular flexibility index (Phi) is 6.58. The Morgan fingerprint density at radius 1 is 1.03 bits per heavy atom. The summed E-state index contributed by atoms with van der Waals surface area (Å²) in [6.45, 7) is 1.86. The number of nitrogens with zero attached hydrogens (tertiary/aromatic N) is 2. The minimum absolute atomic E-state index is 0.0264. The number of hydrogen-bond acceptors (Lipinski definition) is 3. The molecule has 0 atom stereocenters. The Morgan fingerprint density at radius 2 is 1.68 bits per heavy atom. The zero-order valence-corrected chi connectivity index (χ0v) is 19.2. The summed E-state index contributed by atoms with van der Waals surface area (Å²) in [6.07, 6.45) is 2.60. The molecule has 1 aromatic heterocycles. The molecule has 1 amide bonds. The van der Waals surface area contributed by atoms with Gasteiger partial charge in [0.15, 0.2) is 0 Å². The molecule has 8 heteroatoms. The lowest BCUT2D eigenvalue weighted by atomic mass is 9.93. The van der Waals surface area contributed by atoms with E-state index in [1.165, 1.54) is 0 Å². The first-order chi connectivity index (χ1) is 14.8. The molecular weight excluding hydrogens is 457 g/mol. The molecule has 0 unspecified atom stereocenters. The number of carbonyl (C=O) groups is 1. The monoisotopic (exact) mass is 477 g/mol. The van der Waals surface area contributed by atoms with Crippen LogP contribution in [-0.4, -0.2) is 32.7 Å². The van der Waals surface area contributed by atoms with Crippen LogP contribution in [0, 0.1) is 6.92 Å². The number of halogens is 3. The molecular formula is C23H22Cl3N3O2. The SMILES string of the molecule is Cc1c(C(=O)N[C@H]2CC[C@H](O)CC2)nc(-c2ccc(Cl)cc2Cl)n1-c1ccc(Cl)cc1. The molecule has 0 saturated heterocycles. The van der Waals surface area contributed by atoms with E-state index in [9.17, 15) is 9.90 Å². The molecule has 0 aliphatic heterocycles. The van der Waals surface area contributed by atoms with Gasteiger partial charge in [-0.3, -0.25) is 9.36 Å². The topological polar surface area (TPSA) is 67.2 Å². The first kappa shape index (κ1) is 22.2.